The standard InChI is InChI=1S/C14H16N2O2/c1-10(2)16(9-13(17)18)14-12-6-4-3-5-11(12)7-8-15-14/h3-8,10H,9H2,1-2H3,(H,17,18). The van der Waals surface area contributed by atoms with Gasteiger partial charge in [-0.25, -0.2) is 4.98 Å². The van der Waals surface area contributed by atoms with E-state index in [0.29, 0.717) is 0 Å². The highest BCUT2D eigenvalue weighted by Crippen LogP contribution is 2.25. The summed E-state index contributed by atoms with van der Waals surface area (Å²) < 4.78 is 0. The lowest BCUT2D eigenvalue weighted by Crippen LogP contribution is -2.36. The third kappa shape index (κ3) is 2.42. The molecule has 0 aliphatic rings. The number of rotatable bonds is 4. The summed E-state index contributed by atoms with van der Waals surface area (Å²) in [7, 11) is 0. The summed E-state index contributed by atoms with van der Waals surface area (Å²) in [5.74, 6) is -0.121. The minimum absolute atomic E-state index is 0.0430. The molecule has 1 aromatic carbocycles. The van der Waals surface area contributed by atoms with Crippen molar-refractivity contribution in [1.82, 2.24) is 4.98 Å². The second-order valence-electron chi connectivity index (χ2n) is 4.47. The van der Waals surface area contributed by atoms with Gasteiger partial charge in [-0.05, 0) is 25.3 Å². The van der Waals surface area contributed by atoms with Gasteiger partial charge >= 0.3 is 5.97 Å². The number of carboxylic acids is 1. The SMILES string of the molecule is CC(C)N(CC(=O)O)c1nccc2ccccc12. The highest BCUT2D eigenvalue weighted by molar-refractivity contribution is 5.93. The molecule has 0 saturated heterocycles. The van der Waals surface area contributed by atoms with Gasteiger partial charge in [0.2, 0.25) is 0 Å². The number of carbonyl (C=O) groups is 1. The molecule has 18 heavy (non-hydrogen) atoms. The van der Waals surface area contributed by atoms with E-state index in [1.807, 2.05) is 44.2 Å². The van der Waals surface area contributed by atoms with E-state index in [-0.39, 0.29) is 12.6 Å². The second kappa shape index (κ2) is 5.04. The third-order valence-electron chi connectivity index (χ3n) is 2.85. The molecule has 0 bridgehead atoms. The van der Waals surface area contributed by atoms with Gasteiger partial charge in [-0.2, -0.15) is 0 Å². The van der Waals surface area contributed by atoms with E-state index < -0.39 is 5.97 Å². The summed E-state index contributed by atoms with van der Waals surface area (Å²) in [4.78, 5) is 17.1. The molecule has 0 aliphatic heterocycles. The molecule has 0 saturated carbocycles. The summed E-state index contributed by atoms with van der Waals surface area (Å²) in [6.45, 7) is 3.89. The quantitative estimate of drug-likeness (QED) is 0.898. The van der Waals surface area contributed by atoms with Crippen LogP contribution in [-0.2, 0) is 4.79 Å². The van der Waals surface area contributed by atoms with Gasteiger partial charge in [0.05, 0.1) is 0 Å². The van der Waals surface area contributed by atoms with Crippen molar-refractivity contribution in [1.29, 1.82) is 0 Å². The predicted molar refractivity (Wildman–Crippen MR) is 71.9 cm³/mol. The number of anilines is 1. The van der Waals surface area contributed by atoms with E-state index in [9.17, 15) is 4.79 Å². The Bertz CT molecular complexity index is 561. The summed E-state index contributed by atoms with van der Waals surface area (Å²) >= 11 is 0. The molecular formula is C14H16N2O2. The molecule has 0 unspecified atom stereocenters. The van der Waals surface area contributed by atoms with E-state index in [0.717, 1.165) is 16.6 Å². The molecule has 4 heteroatoms. The molecule has 0 radical (unpaired) electrons. The molecule has 4 nitrogen and oxygen atoms in total. The maximum atomic E-state index is 11.0. The monoisotopic (exact) mass is 244 g/mol. The molecule has 0 atom stereocenters. The Hall–Kier alpha value is -2.10. The Morgan fingerprint density at radius 2 is 2.06 bits per heavy atom. The van der Waals surface area contributed by atoms with E-state index >= 15 is 0 Å². The number of nitrogens with zero attached hydrogens (tertiary/aromatic N) is 2. The zero-order chi connectivity index (χ0) is 13.1. The number of aromatic nitrogens is 1. The van der Waals surface area contributed by atoms with Crippen LogP contribution >= 0.6 is 0 Å². The molecule has 2 rings (SSSR count). The van der Waals surface area contributed by atoms with Gasteiger partial charge in [0.25, 0.3) is 0 Å². The Kier molecular flexibility index (Phi) is 3.46. The summed E-state index contributed by atoms with van der Waals surface area (Å²) in [5, 5.41) is 11.0. The van der Waals surface area contributed by atoms with Crippen LogP contribution in [0, 0.1) is 0 Å². The number of aliphatic carboxylic acids is 1. The van der Waals surface area contributed by atoms with Crippen molar-refractivity contribution in [2.24, 2.45) is 0 Å². The molecule has 1 N–H and O–H groups in total. The molecule has 94 valence electrons. The van der Waals surface area contributed by atoms with Gasteiger partial charge in [0.1, 0.15) is 12.4 Å². The van der Waals surface area contributed by atoms with Gasteiger partial charge in [-0.1, -0.05) is 24.3 Å². The van der Waals surface area contributed by atoms with Crippen LogP contribution in [0.4, 0.5) is 5.82 Å². The number of fused-ring (bicyclic) bond motifs is 1. The molecule has 0 amide bonds. The molecular weight excluding hydrogens is 228 g/mol. The lowest BCUT2D eigenvalue weighted by molar-refractivity contribution is -0.135. The number of hydrogen-bond acceptors (Lipinski definition) is 3. The zero-order valence-electron chi connectivity index (χ0n) is 10.5. The Labute approximate surface area is 106 Å². The minimum atomic E-state index is -0.849. The number of pyridine rings is 1. The smallest absolute Gasteiger partial charge is 0.323 e. The van der Waals surface area contributed by atoms with Crippen molar-refractivity contribution in [2.45, 2.75) is 19.9 Å². The molecule has 2 aromatic rings. The van der Waals surface area contributed by atoms with Gasteiger partial charge in [0, 0.05) is 17.6 Å². The first-order valence-electron chi connectivity index (χ1n) is 5.92. The minimum Gasteiger partial charge on any atom is -0.480 e. The Balaban J connectivity index is 2.53. The van der Waals surface area contributed by atoms with E-state index in [1.165, 1.54) is 0 Å². The molecule has 0 aliphatic carbocycles. The van der Waals surface area contributed by atoms with Crippen LogP contribution in [0.1, 0.15) is 13.8 Å². The van der Waals surface area contributed by atoms with Crippen LogP contribution in [0.15, 0.2) is 36.5 Å². The van der Waals surface area contributed by atoms with E-state index in [4.69, 9.17) is 5.11 Å². The molecule has 1 heterocycles. The molecule has 1 aromatic heterocycles. The lowest BCUT2D eigenvalue weighted by Gasteiger charge is -2.27. The number of carboxylic acid groups (broad SMARTS) is 1. The van der Waals surface area contributed by atoms with Crippen LogP contribution in [0.2, 0.25) is 0 Å². The van der Waals surface area contributed by atoms with Crippen molar-refractivity contribution in [3.63, 3.8) is 0 Å². The Morgan fingerprint density at radius 3 is 2.72 bits per heavy atom. The van der Waals surface area contributed by atoms with Crippen LogP contribution in [0.25, 0.3) is 10.8 Å². The highest BCUT2D eigenvalue weighted by Gasteiger charge is 2.17. The van der Waals surface area contributed by atoms with Crippen molar-refractivity contribution in [3.8, 4) is 0 Å². The first-order valence-corrected chi connectivity index (χ1v) is 5.92. The van der Waals surface area contributed by atoms with Gasteiger partial charge < -0.3 is 10.0 Å². The summed E-state index contributed by atoms with van der Waals surface area (Å²) in [5.41, 5.74) is 0. The summed E-state index contributed by atoms with van der Waals surface area (Å²) in [6, 6.07) is 9.88. The fraction of sp³-hybridized carbons (Fsp3) is 0.286. The third-order valence-corrected chi connectivity index (χ3v) is 2.85. The maximum Gasteiger partial charge on any atom is 0.323 e. The average molecular weight is 244 g/mol. The fourth-order valence-corrected chi connectivity index (χ4v) is 1.98. The molecule has 0 spiro atoms. The fourth-order valence-electron chi connectivity index (χ4n) is 1.98. The van der Waals surface area contributed by atoms with Crippen molar-refractivity contribution < 1.29 is 9.90 Å². The van der Waals surface area contributed by atoms with E-state index in [2.05, 4.69) is 4.98 Å². The van der Waals surface area contributed by atoms with Crippen LogP contribution in [0.5, 0.6) is 0 Å². The van der Waals surface area contributed by atoms with Crippen LogP contribution in [0.3, 0.4) is 0 Å². The maximum absolute atomic E-state index is 11.0. The average Bonchev–Trinajstić information content (AvgIpc) is 2.35. The first kappa shape index (κ1) is 12.4. The van der Waals surface area contributed by atoms with Gasteiger partial charge in [-0.3, -0.25) is 4.79 Å². The van der Waals surface area contributed by atoms with Crippen molar-refractivity contribution in [3.05, 3.63) is 36.5 Å². The van der Waals surface area contributed by atoms with Crippen molar-refractivity contribution >= 4 is 22.6 Å². The predicted octanol–water partition coefficient (Wildman–Crippen LogP) is 2.53. The largest absolute Gasteiger partial charge is 0.480 e. The van der Waals surface area contributed by atoms with Crippen molar-refractivity contribution in [2.75, 3.05) is 11.4 Å². The highest BCUT2D eigenvalue weighted by atomic mass is 16.4. The normalized spacial score (nSPS) is 10.8. The first-order chi connectivity index (χ1) is 8.59. The second-order valence-corrected chi connectivity index (χ2v) is 4.47. The van der Waals surface area contributed by atoms with E-state index in [1.54, 1.807) is 11.1 Å². The number of hydrogen-bond donors (Lipinski definition) is 1. The summed E-state index contributed by atoms with van der Waals surface area (Å²) in [6.07, 6.45) is 1.72. The molecule has 0 fully saturated rings. The number of benzene rings is 1. The van der Waals surface area contributed by atoms with Crippen LogP contribution < -0.4 is 4.90 Å². The lowest BCUT2D eigenvalue weighted by atomic mass is 10.1. The topological polar surface area (TPSA) is 53.4 Å². The van der Waals surface area contributed by atoms with Gasteiger partial charge in [-0.15, -0.1) is 0 Å². The van der Waals surface area contributed by atoms with Crippen LogP contribution in [-0.4, -0.2) is 28.6 Å². The Morgan fingerprint density at radius 1 is 1.33 bits per heavy atom. The zero-order valence-corrected chi connectivity index (χ0v) is 10.5. The van der Waals surface area contributed by atoms with Gasteiger partial charge in [0.15, 0.2) is 0 Å².